The van der Waals surface area contributed by atoms with E-state index in [0.29, 0.717) is 24.6 Å². The molecule has 0 unspecified atom stereocenters. The van der Waals surface area contributed by atoms with E-state index in [4.69, 9.17) is 0 Å². The maximum Gasteiger partial charge on any atom is 0.256 e. The number of nitrogens with one attached hydrogen (secondary N) is 1. The molecule has 2 N–H and O–H groups in total. The standard InChI is InChI=1S/C17H20N2O3/c1-2-14(20)18-11-17-8-12(9-17)10-19(17)16(22)15(21)13-6-4-3-5-7-13/h2-7,12,15,21H,1,8-11H2,(H,18,20)/t12?,15-,17?/m1/s1. The Labute approximate surface area is 129 Å². The Balaban J connectivity index is 1.72. The highest BCUT2D eigenvalue weighted by atomic mass is 16.3. The molecule has 22 heavy (non-hydrogen) atoms. The van der Waals surface area contributed by atoms with E-state index >= 15 is 0 Å². The van der Waals surface area contributed by atoms with Crippen molar-refractivity contribution in [3.63, 3.8) is 0 Å². The largest absolute Gasteiger partial charge is 0.378 e. The predicted molar refractivity (Wildman–Crippen MR) is 81.8 cm³/mol. The molecule has 0 aromatic heterocycles. The number of benzene rings is 1. The van der Waals surface area contributed by atoms with Gasteiger partial charge < -0.3 is 15.3 Å². The first-order valence-electron chi connectivity index (χ1n) is 7.50. The Morgan fingerprint density at radius 2 is 2.09 bits per heavy atom. The van der Waals surface area contributed by atoms with Gasteiger partial charge in [-0.1, -0.05) is 36.9 Å². The van der Waals surface area contributed by atoms with Crippen molar-refractivity contribution in [1.29, 1.82) is 0 Å². The maximum atomic E-state index is 12.6. The van der Waals surface area contributed by atoms with E-state index in [2.05, 4.69) is 11.9 Å². The van der Waals surface area contributed by atoms with Crippen molar-refractivity contribution >= 4 is 11.8 Å². The van der Waals surface area contributed by atoms with Gasteiger partial charge in [-0.15, -0.1) is 0 Å². The summed E-state index contributed by atoms with van der Waals surface area (Å²) in [6.45, 7) is 4.51. The van der Waals surface area contributed by atoms with Crippen LogP contribution in [0.1, 0.15) is 24.5 Å². The molecule has 4 rings (SSSR count). The summed E-state index contributed by atoms with van der Waals surface area (Å²) in [6, 6.07) is 8.94. The molecule has 0 radical (unpaired) electrons. The molecular formula is C17H20N2O3. The van der Waals surface area contributed by atoms with E-state index in [1.165, 1.54) is 6.08 Å². The van der Waals surface area contributed by atoms with Crippen molar-refractivity contribution in [1.82, 2.24) is 10.2 Å². The second kappa shape index (κ2) is 5.57. The number of aliphatic hydroxyl groups excluding tert-OH is 1. The normalized spacial score (nSPS) is 27.0. The number of hydrogen-bond acceptors (Lipinski definition) is 3. The van der Waals surface area contributed by atoms with Gasteiger partial charge in [-0.3, -0.25) is 9.59 Å². The summed E-state index contributed by atoms with van der Waals surface area (Å²) >= 11 is 0. The SMILES string of the molecule is C=CC(=O)NCC12CC(CN1C(=O)[C@H](O)c1ccccc1)C2. The molecule has 5 nitrogen and oxygen atoms in total. The minimum atomic E-state index is -1.15. The lowest BCUT2D eigenvalue weighted by atomic mass is 9.73. The highest BCUT2D eigenvalue weighted by Gasteiger charge is 2.58. The molecule has 1 aromatic rings. The lowest BCUT2D eigenvalue weighted by Crippen LogP contribution is -2.56. The Hall–Kier alpha value is -2.14. The van der Waals surface area contributed by atoms with Crippen LogP contribution in [0.4, 0.5) is 0 Å². The molecule has 2 saturated heterocycles. The lowest BCUT2D eigenvalue weighted by molar-refractivity contribution is -0.144. The summed E-state index contributed by atoms with van der Waals surface area (Å²) in [5.41, 5.74) is 0.262. The first-order valence-corrected chi connectivity index (χ1v) is 7.50. The molecule has 3 aliphatic rings. The molecule has 1 atom stereocenters. The van der Waals surface area contributed by atoms with Crippen molar-refractivity contribution in [2.24, 2.45) is 5.92 Å². The third-order valence-corrected chi connectivity index (χ3v) is 4.74. The van der Waals surface area contributed by atoms with E-state index in [1.54, 1.807) is 29.2 Å². The molecule has 116 valence electrons. The Morgan fingerprint density at radius 3 is 2.73 bits per heavy atom. The van der Waals surface area contributed by atoms with Gasteiger partial charge in [0.2, 0.25) is 5.91 Å². The number of rotatable bonds is 5. The molecule has 1 saturated carbocycles. The summed E-state index contributed by atoms with van der Waals surface area (Å²) in [6.07, 6.45) is 1.86. The van der Waals surface area contributed by atoms with Crippen molar-refractivity contribution in [2.75, 3.05) is 13.1 Å². The van der Waals surface area contributed by atoms with E-state index in [9.17, 15) is 14.7 Å². The van der Waals surface area contributed by atoms with Crippen LogP contribution < -0.4 is 5.32 Å². The summed E-state index contributed by atoms with van der Waals surface area (Å²) in [5, 5.41) is 13.1. The minimum absolute atomic E-state index is 0.235. The number of aliphatic hydroxyl groups is 1. The van der Waals surface area contributed by atoms with Gasteiger partial charge in [0.05, 0.1) is 5.54 Å². The molecule has 3 fully saturated rings. The smallest absolute Gasteiger partial charge is 0.256 e. The Morgan fingerprint density at radius 1 is 1.41 bits per heavy atom. The molecule has 0 spiro atoms. The van der Waals surface area contributed by atoms with Gasteiger partial charge in [0.1, 0.15) is 0 Å². The minimum Gasteiger partial charge on any atom is -0.378 e. The molecular weight excluding hydrogens is 280 g/mol. The van der Waals surface area contributed by atoms with Gasteiger partial charge in [-0.2, -0.15) is 0 Å². The quantitative estimate of drug-likeness (QED) is 0.798. The van der Waals surface area contributed by atoms with Crippen LogP contribution in [-0.2, 0) is 9.59 Å². The van der Waals surface area contributed by atoms with Crippen molar-refractivity contribution in [2.45, 2.75) is 24.5 Å². The number of carbonyl (C=O) groups excluding carboxylic acids is 2. The highest BCUT2D eigenvalue weighted by molar-refractivity contribution is 5.87. The molecule has 2 aliphatic heterocycles. The average molecular weight is 300 g/mol. The first kappa shape index (κ1) is 14.8. The average Bonchev–Trinajstić information content (AvgIpc) is 3.07. The van der Waals surface area contributed by atoms with Crippen LogP contribution in [0.15, 0.2) is 43.0 Å². The second-order valence-corrected chi connectivity index (χ2v) is 6.18. The fraction of sp³-hybridized carbons (Fsp3) is 0.412. The van der Waals surface area contributed by atoms with Crippen LogP contribution in [0.2, 0.25) is 0 Å². The Bertz CT molecular complexity index is 593. The van der Waals surface area contributed by atoms with Gasteiger partial charge in [0, 0.05) is 13.1 Å². The third kappa shape index (κ3) is 2.41. The van der Waals surface area contributed by atoms with Crippen LogP contribution in [0.25, 0.3) is 0 Å². The molecule has 1 aliphatic carbocycles. The monoisotopic (exact) mass is 300 g/mol. The summed E-state index contributed by atoms with van der Waals surface area (Å²) in [4.78, 5) is 25.8. The zero-order chi connectivity index (χ0) is 15.7. The summed E-state index contributed by atoms with van der Waals surface area (Å²) in [5.74, 6) is -0.0349. The van der Waals surface area contributed by atoms with Crippen molar-refractivity contribution in [3.05, 3.63) is 48.6 Å². The lowest BCUT2D eigenvalue weighted by Gasteiger charge is -2.42. The fourth-order valence-electron chi connectivity index (χ4n) is 3.63. The molecule has 2 heterocycles. The topological polar surface area (TPSA) is 69.6 Å². The van der Waals surface area contributed by atoms with E-state index in [0.717, 1.165) is 12.8 Å². The third-order valence-electron chi connectivity index (χ3n) is 4.74. The van der Waals surface area contributed by atoms with Gasteiger partial charge in [-0.05, 0) is 30.4 Å². The van der Waals surface area contributed by atoms with Crippen molar-refractivity contribution < 1.29 is 14.7 Å². The maximum absolute atomic E-state index is 12.6. The summed E-state index contributed by atoms with van der Waals surface area (Å²) < 4.78 is 0. The van der Waals surface area contributed by atoms with E-state index in [1.807, 2.05) is 6.07 Å². The number of amides is 2. The van der Waals surface area contributed by atoms with Gasteiger partial charge in [0.25, 0.3) is 5.91 Å². The second-order valence-electron chi connectivity index (χ2n) is 6.18. The number of hydrogen-bond donors (Lipinski definition) is 2. The van der Waals surface area contributed by atoms with Gasteiger partial charge >= 0.3 is 0 Å². The van der Waals surface area contributed by atoms with Crippen LogP contribution in [0, 0.1) is 5.92 Å². The van der Waals surface area contributed by atoms with Gasteiger partial charge in [-0.25, -0.2) is 0 Å². The van der Waals surface area contributed by atoms with Crippen LogP contribution >= 0.6 is 0 Å². The fourth-order valence-corrected chi connectivity index (χ4v) is 3.63. The Kier molecular flexibility index (Phi) is 3.74. The zero-order valence-electron chi connectivity index (χ0n) is 12.4. The first-order chi connectivity index (χ1) is 10.6. The highest BCUT2D eigenvalue weighted by Crippen LogP contribution is 2.50. The van der Waals surface area contributed by atoms with E-state index in [-0.39, 0.29) is 17.4 Å². The predicted octanol–water partition coefficient (Wildman–Crippen LogP) is 1.01. The zero-order valence-corrected chi connectivity index (χ0v) is 12.4. The summed E-state index contributed by atoms with van der Waals surface area (Å²) in [7, 11) is 0. The number of fused-ring (bicyclic) bond motifs is 1. The molecule has 5 heteroatoms. The molecule has 2 amide bonds. The number of nitrogens with zero attached hydrogens (tertiary/aromatic N) is 1. The van der Waals surface area contributed by atoms with Crippen LogP contribution in [-0.4, -0.2) is 40.4 Å². The van der Waals surface area contributed by atoms with Crippen LogP contribution in [0.5, 0.6) is 0 Å². The van der Waals surface area contributed by atoms with Crippen molar-refractivity contribution in [3.8, 4) is 0 Å². The van der Waals surface area contributed by atoms with Gasteiger partial charge in [0.15, 0.2) is 6.10 Å². The molecule has 1 aromatic carbocycles. The number of carbonyl (C=O) groups is 2. The molecule has 2 bridgehead atoms. The van der Waals surface area contributed by atoms with Crippen LogP contribution in [0.3, 0.4) is 0 Å². The van der Waals surface area contributed by atoms with E-state index < -0.39 is 6.10 Å².